The Morgan fingerprint density at radius 3 is 2.19 bits per heavy atom. The second-order valence-corrected chi connectivity index (χ2v) is 5.41. The quantitative estimate of drug-likeness (QED) is 0.427. The second kappa shape index (κ2) is 15.7. The van der Waals surface area contributed by atoms with E-state index < -0.39 is 0 Å². The fourth-order valence-corrected chi connectivity index (χ4v) is 2.09. The van der Waals surface area contributed by atoms with Gasteiger partial charge in [-0.3, -0.25) is 10.4 Å². The smallest absolute Gasteiger partial charge is 0.0886 e. The van der Waals surface area contributed by atoms with Crippen molar-refractivity contribution in [2.45, 2.75) is 55.4 Å². The fourth-order valence-electron chi connectivity index (χ4n) is 2.09. The van der Waals surface area contributed by atoms with Crippen molar-refractivity contribution in [2.75, 3.05) is 7.05 Å². The van der Waals surface area contributed by atoms with Crippen molar-refractivity contribution in [2.24, 2.45) is 4.99 Å². The summed E-state index contributed by atoms with van der Waals surface area (Å²) >= 11 is 0. The van der Waals surface area contributed by atoms with Gasteiger partial charge in [0.1, 0.15) is 0 Å². The van der Waals surface area contributed by atoms with E-state index in [1.807, 2.05) is 85.8 Å². The lowest BCUT2D eigenvalue weighted by atomic mass is 9.99. The molecule has 1 heterocycles. The van der Waals surface area contributed by atoms with Gasteiger partial charge in [0.2, 0.25) is 0 Å². The number of hydrogen-bond acceptors (Lipinski definition) is 3. The molecule has 1 aromatic rings. The van der Waals surface area contributed by atoms with Crippen molar-refractivity contribution < 1.29 is 0 Å². The molecule has 148 valence electrons. The summed E-state index contributed by atoms with van der Waals surface area (Å²) in [6.07, 6.45) is 9.33. The van der Waals surface area contributed by atoms with Gasteiger partial charge in [-0.15, -0.1) is 0 Å². The van der Waals surface area contributed by atoms with Gasteiger partial charge in [0.15, 0.2) is 0 Å². The topological polar surface area (TPSA) is 49.1 Å². The lowest BCUT2D eigenvalue weighted by Crippen LogP contribution is -2.04. The molecule has 0 saturated carbocycles. The summed E-state index contributed by atoms with van der Waals surface area (Å²) in [7, 11) is 1.75. The average molecular weight is 368 g/mol. The van der Waals surface area contributed by atoms with E-state index in [4.69, 9.17) is 10.4 Å². The number of aryl methyl sites for hydroxylation is 1. The van der Waals surface area contributed by atoms with Crippen LogP contribution < -0.4 is 0 Å². The molecule has 0 aliphatic heterocycles. The number of rotatable bonds is 6. The van der Waals surface area contributed by atoms with Gasteiger partial charge in [-0.25, -0.2) is 4.98 Å². The predicted molar refractivity (Wildman–Crippen MR) is 124 cm³/mol. The molecule has 0 radical (unpaired) electrons. The maximum atomic E-state index is 8.16. The highest BCUT2D eigenvalue weighted by atomic mass is 14.7. The van der Waals surface area contributed by atoms with Crippen LogP contribution in [0.3, 0.4) is 0 Å². The zero-order chi connectivity index (χ0) is 21.4. The number of aromatic nitrogens is 1. The van der Waals surface area contributed by atoms with Crippen molar-refractivity contribution in [1.82, 2.24) is 4.98 Å². The molecule has 0 atom stereocenters. The van der Waals surface area contributed by atoms with Crippen molar-refractivity contribution in [3.05, 3.63) is 71.1 Å². The molecule has 0 unspecified atom stereocenters. The molecule has 1 rings (SSSR count). The SMILES string of the molecule is C=C(C)/C=C\C(=N)c1ccc(C)c(C(=C\C)/C(C)=C/C=NC)n1.CC.CC. The Bertz CT molecular complexity index is 717. The Labute approximate surface area is 166 Å². The molecule has 27 heavy (non-hydrogen) atoms. The Hall–Kier alpha value is -2.55. The lowest BCUT2D eigenvalue weighted by molar-refractivity contribution is 1.18. The summed E-state index contributed by atoms with van der Waals surface area (Å²) in [5.74, 6) is 0. The highest BCUT2D eigenvalue weighted by Crippen LogP contribution is 2.24. The first-order chi connectivity index (χ1) is 12.9. The van der Waals surface area contributed by atoms with Crippen molar-refractivity contribution >= 4 is 17.5 Å². The summed E-state index contributed by atoms with van der Waals surface area (Å²) in [5.41, 5.74) is 6.07. The van der Waals surface area contributed by atoms with Gasteiger partial charge in [-0.05, 0) is 62.6 Å². The first kappa shape index (κ1) is 26.7. The molecule has 0 aliphatic carbocycles. The summed E-state index contributed by atoms with van der Waals surface area (Å²) in [6, 6.07) is 3.88. The van der Waals surface area contributed by atoms with Crippen LogP contribution >= 0.6 is 0 Å². The summed E-state index contributed by atoms with van der Waals surface area (Å²) in [6.45, 7) is 19.8. The van der Waals surface area contributed by atoms with E-state index in [9.17, 15) is 0 Å². The third-order valence-corrected chi connectivity index (χ3v) is 3.35. The molecular weight excluding hydrogens is 330 g/mol. The average Bonchev–Trinajstić information content (AvgIpc) is 2.69. The van der Waals surface area contributed by atoms with E-state index in [1.165, 1.54) is 0 Å². The van der Waals surface area contributed by atoms with Gasteiger partial charge >= 0.3 is 0 Å². The maximum absolute atomic E-state index is 8.16. The molecule has 3 heteroatoms. The van der Waals surface area contributed by atoms with E-state index in [-0.39, 0.29) is 0 Å². The van der Waals surface area contributed by atoms with E-state index in [2.05, 4.69) is 11.6 Å². The van der Waals surface area contributed by atoms with Crippen LogP contribution in [0.2, 0.25) is 0 Å². The Kier molecular flexibility index (Phi) is 15.5. The summed E-state index contributed by atoms with van der Waals surface area (Å²) < 4.78 is 0. The van der Waals surface area contributed by atoms with Gasteiger partial charge in [0, 0.05) is 13.3 Å². The van der Waals surface area contributed by atoms with Crippen LogP contribution in [0.5, 0.6) is 0 Å². The minimum atomic E-state index is 0.376. The van der Waals surface area contributed by atoms with Crippen molar-refractivity contribution in [3.63, 3.8) is 0 Å². The molecule has 0 fully saturated rings. The predicted octanol–water partition coefficient (Wildman–Crippen LogP) is 6.99. The molecule has 0 saturated heterocycles. The highest BCUT2D eigenvalue weighted by Gasteiger charge is 2.10. The first-order valence-corrected chi connectivity index (χ1v) is 9.57. The lowest BCUT2D eigenvalue weighted by Gasteiger charge is -2.12. The molecule has 0 aromatic carbocycles. The number of hydrogen-bond donors (Lipinski definition) is 1. The first-order valence-electron chi connectivity index (χ1n) is 9.57. The van der Waals surface area contributed by atoms with Crippen LogP contribution in [0.4, 0.5) is 0 Å². The fraction of sp³-hybridized carbons (Fsp3) is 0.375. The van der Waals surface area contributed by atoms with E-state index in [0.29, 0.717) is 11.4 Å². The second-order valence-electron chi connectivity index (χ2n) is 5.41. The highest BCUT2D eigenvalue weighted by molar-refractivity contribution is 6.05. The van der Waals surface area contributed by atoms with Gasteiger partial charge in [-0.1, -0.05) is 58.1 Å². The zero-order valence-electron chi connectivity index (χ0n) is 18.6. The van der Waals surface area contributed by atoms with Gasteiger partial charge < -0.3 is 0 Å². The van der Waals surface area contributed by atoms with E-state index >= 15 is 0 Å². The van der Waals surface area contributed by atoms with Crippen LogP contribution in [-0.4, -0.2) is 24.0 Å². The number of nitrogens with zero attached hydrogens (tertiary/aromatic N) is 2. The number of allylic oxidation sites excluding steroid dienone is 7. The van der Waals surface area contributed by atoms with Crippen molar-refractivity contribution in [3.8, 4) is 0 Å². The monoisotopic (exact) mass is 367 g/mol. The normalized spacial score (nSPS) is 11.6. The molecule has 1 aromatic heterocycles. The van der Waals surface area contributed by atoms with E-state index in [1.54, 1.807) is 19.3 Å². The Balaban J connectivity index is 0. The Morgan fingerprint density at radius 2 is 1.70 bits per heavy atom. The van der Waals surface area contributed by atoms with Crippen LogP contribution in [0.25, 0.3) is 5.57 Å². The molecule has 0 spiro atoms. The minimum absolute atomic E-state index is 0.376. The molecule has 0 amide bonds. The number of aliphatic imine (C=N–C) groups is 1. The van der Waals surface area contributed by atoms with Crippen LogP contribution in [0.15, 0.2) is 59.2 Å². The van der Waals surface area contributed by atoms with Crippen molar-refractivity contribution in [1.29, 1.82) is 5.41 Å². The molecule has 0 bridgehead atoms. The largest absolute Gasteiger partial charge is 0.299 e. The standard InChI is InChI=1S/C20H25N3.2C2H6/c1-7-17(15(4)12-13-22-6)20-16(5)9-11-19(23-20)18(21)10-8-14(2)3;2*1-2/h7-13,21H,2H2,1,3-6H3;2*1-2H3/b10-8-,15-12+,17-7-,21-18?,22-13?;;. The molecular formula is C24H37N3. The zero-order valence-corrected chi connectivity index (χ0v) is 18.6. The van der Waals surface area contributed by atoms with Crippen LogP contribution in [-0.2, 0) is 0 Å². The minimum Gasteiger partial charge on any atom is -0.299 e. The Morgan fingerprint density at radius 1 is 1.11 bits per heavy atom. The van der Waals surface area contributed by atoms with E-state index in [0.717, 1.165) is 28.0 Å². The number of pyridine rings is 1. The van der Waals surface area contributed by atoms with Gasteiger partial charge in [-0.2, -0.15) is 0 Å². The van der Waals surface area contributed by atoms with Gasteiger partial charge in [0.05, 0.1) is 17.1 Å². The summed E-state index contributed by atoms with van der Waals surface area (Å²) in [5, 5.41) is 8.16. The third kappa shape index (κ3) is 9.64. The maximum Gasteiger partial charge on any atom is 0.0886 e. The molecule has 0 aliphatic rings. The van der Waals surface area contributed by atoms with Crippen LogP contribution in [0, 0.1) is 12.3 Å². The molecule has 3 nitrogen and oxygen atoms in total. The number of nitrogens with one attached hydrogen (secondary N) is 1. The molecule has 1 N–H and O–H groups in total. The van der Waals surface area contributed by atoms with Crippen LogP contribution in [0.1, 0.15) is 65.4 Å². The third-order valence-electron chi connectivity index (χ3n) is 3.35. The summed E-state index contributed by atoms with van der Waals surface area (Å²) in [4.78, 5) is 8.69. The van der Waals surface area contributed by atoms with Gasteiger partial charge in [0.25, 0.3) is 0 Å².